The molecule has 23 heavy (non-hydrogen) atoms. The van der Waals surface area contributed by atoms with Crippen LogP contribution in [0.15, 0.2) is 18.2 Å². The van der Waals surface area contributed by atoms with Crippen LogP contribution in [0, 0.1) is 0 Å². The van der Waals surface area contributed by atoms with E-state index in [0.717, 1.165) is 6.07 Å². The van der Waals surface area contributed by atoms with Gasteiger partial charge in [0.15, 0.2) is 5.75 Å². The van der Waals surface area contributed by atoms with Gasteiger partial charge in [0, 0.05) is 23.0 Å². The number of amides is 2. The van der Waals surface area contributed by atoms with E-state index in [9.17, 15) is 18.4 Å². The molecule has 0 unspecified atom stereocenters. The summed E-state index contributed by atoms with van der Waals surface area (Å²) in [7, 11) is 0. The van der Waals surface area contributed by atoms with Gasteiger partial charge in [-0.15, -0.1) is 0 Å². The summed E-state index contributed by atoms with van der Waals surface area (Å²) < 4.78 is 29.0. The van der Waals surface area contributed by atoms with Crippen molar-refractivity contribution in [3.05, 3.63) is 23.2 Å². The zero-order valence-electron chi connectivity index (χ0n) is 12.5. The normalized spacial score (nSPS) is 11.2. The first-order chi connectivity index (χ1) is 10.6. The van der Waals surface area contributed by atoms with E-state index < -0.39 is 24.2 Å². The molecule has 1 rings (SSSR count). The molecular weight excluding hydrogens is 334 g/mol. The number of rotatable bonds is 7. The number of aliphatic carboxylic acids is 1. The van der Waals surface area contributed by atoms with Crippen molar-refractivity contribution < 1.29 is 28.2 Å². The molecule has 0 aliphatic carbocycles. The maximum Gasteiger partial charge on any atom is 0.387 e. The summed E-state index contributed by atoms with van der Waals surface area (Å²) in [6.07, 6.45) is 0.0880. The van der Waals surface area contributed by atoms with E-state index in [1.165, 1.54) is 12.1 Å². The average molecular weight is 351 g/mol. The molecule has 0 radical (unpaired) electrons. The summed E-state index contributed by atoms with van der Waals surface area (Å²) in [5.41, 5.74) is -0.778. The van der Waals surface area contributed by atoms with Crippen molar-refractivity contribution in [2.24, 2.45) is 0 Å². The number of carboxylic acid groups (broad SMARTS) is 1. The van der Waals surface area contributed by atoms with Gasteiger partial charge in [0.25, 0.3) is 0 Å². The van der Waals surface area contributed by atoms with Crippen molar-refractivity contribution in [1.29, 1.82) is 0 Å². The molecule has 2 amide bonds. The minimum atomic E-state index is -3.07. The van der Waals surface area contributed by atoms with Crippen molar-refractivity contribution in [2.75, 3.05) is 5.32 Å². The Labute approximate surface area is 136 Å². The molecule has 9 heteroatoms. The Morgan fingerprint density at radius 2 is 2.04 bits per heavy atom. The van der Waals surface area contributed by atoms with E-state index in [1.807, 2.05) is 0 Å². The lowest BCUT2D eigenvalue weighted by atomic mass is 9.99. The molecule has 0 fully saturated rings. The Bertz CT molecular complexity index is 582. The Kier molecular flexibility index (Phi) is 6.56. The summed E-state index contributed by atoms with van der Waals surface area (Å²) in [6.45, 7) is 0.228. The predicted molar refractivity (Wildman–Crippen MR) is 81.2 cm³/mol. The number of nitrogens with one attached hydrogen (secondary N) is 2. The second kappa shape index (κ2) is 7.96. The van der Waals surface area contributed by atoms with Crippen LogP contribution in [0.25, 0.3) is 0 Å². The predicted octanol–water partition coefficient (Wildman–Crippen LogP) is 3.71. The summed E-state index contributed by atoms with van der Waals surface area (Å²) >= 11 is 5.71. The van der Waals surface area contributed by atoms with Crippen LogP contribution in [-0.4, -0.2) is 29.3 Å². The van der Waals surface area contributed by atoms with E-state index in [0.29, 0.717) is 0 Å². The van der Waals surface area contributed by atoms with Gasteiger partial charge < -0.3 is 20.5 Å². The van der Waals surface area contributed by atoms with Crippen LogP contribution < -0.4 is 15.4 Å². The van der Waals surface area contributed by atoms with Crippen molar-refractivity contribution in [3.63, 3.8) is 0 Å². The van der Waals surface area contributed by atoms with E-state index in [2.05, 4.69) is 15.4 Å². The number of carbonyl (C=O) groups is 2. The van der Waals surface area contributed by atoms with Gasteiger partial charge in [-0.25, -0.2) is 4.79 Å². The first kappa shape index (κ1) is 19.0. The highest BCUT2D eigenvalue weighted by molar-refractivity contribution is 6.30. The van der Waals surface area contributed by atoms with Crippen LogP contribution in [-0.2, 0) is 4.79 Å². The van der Waals surface area contributed by atoms with Crippen LogP contribution >= 0.6 is 11.6 Å². The quantitative estimate of drug-likeness (QED) is 0.699. The van der Waals surface area contributed by atoms with Gasteiger partial charge in [-0.05, 0) is 32.4 Å². The fourth-order valence-corrected chi connectivity index (χ4v) is 1.90. The average Bonchev–Trinajstić information content (AvgIpc) is 2.38. The number of halogens is 3. The van der Waals surface area contributed by atoms with Crippen molar-refractivity contribution in [3.8, 4) is 5.75 Å². The van der Waals surface area contributed by atoms with Crippen LogP contribution in [0.4, 0.5) is 19.3 Å². The van der Waals surface area contributed by atoms with Crippen LogP contribution in [0.1, 0.15) is 26.7 Å². The van der Waals surface area contributed by atoms with Gasteiger partial charge >= 0.3 is 18.6 Å². The third-order valence-electron chi connectivity index (χ3n) is 2.82. The van der Waals surface area contributed by atoms with Gasteiger partial charge in [0.05, 0.1) is 5.69 Å². The van der Waals surface area contributed by atoms with Gasteiger partial charge in [0.2, 0.25) is 0 Å². The molecule has 1 aromatic carbocycles. The number of alkyl halides is 2. The summed E-state index contributed by atoms with van der Waals surface area (Å²) in [5.74, 6) is -1.25. The smallest absolute Gasteiger partial charge is 0.387 e. The molecule has 128 valence electrons. The number of hydrogen-bond donors (Lipinski definition) is 3. The maximum absolute atomic E-state index is 12.4. The van der Waals surface area contributed by atoms with Crippen LogP contribution in [0.5, 0.6) is 5.75 Å². The van der Waals surface area contributed by atoms with Crippen LogP contribution in [0.2, 0.25) is 5.02 Å². The van der Waals surface area contributed by atoms with Gasteiger partial charge in [-0.1, -0.05) is 11.6 Å². The molecule has 0 aliphatic heterocycles. The number of benzene rings is 1. The highest BCUT2D eigenvalue weighted by Crippen LogP contribution is 2.29. The lowest BCUT2D eigenvalue weighted by Gasteiger charge is -2.26. The number of carbonyl (C=O) groups excluding carboxylic acids is 1. The lowest BCUT2D eigenvalue weighted by molar-refractivity contribution is -0.137. The second-order valence-corrected chi connectivity index (χ2v) is 5.81. The minimum absolute atomic E-state index is 0.0150. The first-order valence-electron chi connectivity index (χ1n) is 6.64. The molecule has 6 nitrogen and oxygen atoms in total. The van der Waals surface area contributed by atoms with Crippen molar-refractivity contribution in [2.45, 2.75) is 38.8 Å². The van der Waals surface area contributed by atoms with E-state index in [4.69, 9.17) is 16.7 Å². The fourth-order valence-electron chi connectivity index (χ4n) is 1.74. The zero-order chi connectivity index (χ0) is 17.6. The molecule has 0 aliphatic rings. The monoisotopic (exact) mass is 350 g/mol. The molecule has 3 N–H and O–H groups in total. The van der Waals surface area contributed by atoms with Crippen LogP contribution in [0.3, 0.4) is 0 Å². The minimum Gasteiger partial charge on any atom is -0.481 e. The Morgan fingerprint density at radius 1 is 1.39 bits per heavy atom. The molecule has 0 aromatic heterocycles. The standard InChI is InChI=1S/C14H17ClF2N2O4/c1-14(2,6-5-11(20)21)19-13(22)18-9-4-3-8(15)7-10(9)23-12(16)17/h3-4,7,12H,5-6H2,1-2H3,(H,20,21)(H2,18,19,22). The van der Waals surface area contributed by atoms with E-state index in [1.54, 1.807) is 13.8 Å². The van der Waals surface area contributed by atoms with Crippen molar-refractivity contribution in [1.82, 2.24) is 5.32 Å². The fraction of sp³-hybridized carbons (Fsp3) is 0.429. The molecule has 0 atom stereocenters. The molecule has 0 bridgehead atoms. The zero-order valence-corrected chi connectivity index (χ0v) is 13.3. The molecule has 0 spiro atoms. The second-order valence-electron chi connectivity index (χ2n) is 5.38. The van der Waals surface area contributed by atoms with Crippen molar-refractivity contribution >= 4 is 29.3 Å². The Hall–Kier alpha value is -2.09. The van der Waals surface area contributed by atoms with Gasteiger partial charge in [-0.3, -0.25) is 4.79 Å². The van der Waals surface area contributed by atoms with Gasteiger partial charge in [-0.2, -0.15) is 8.78 Å². The number of carboxylic acids is 1. The Morgan fingerprint density at radius 3 is 2.61 bits per heavy atom. The highest BCUT2D eigenvalue weighted by Gasteiger charge is 2.22. The van der Waals surface area contributed by atoms with Gasteiger partial charge in [0.1, 0.15) is 0 Å². The molecule has 0 heterocycles. The largest absolute Gasteiger partial charge is 0.481 e. The number of anilines is 1. The Balaban J connectivity index is 2.75. The molecule has 0 saturated heterocycles. The topological polar surface area (TPSA) is 87.7 Å². The molecule has 0 saturated carbocycles. The number of hydrogen-bond acceptors (Lipinski definition) is 3. The highest BCUT2D eigenvalue weighted by atomic mass is 35.5. The van der Waals surface area contributed by atoms with E-state index in [-0.39, 0.29) is 29.3 Å². The lowest BCUT2D eigenvalue weighted by Crippen LogP contribution is -2.45. The number of urea groups is 1. The molecule has 1 aromatic rings. The summed E-state index contributed by atoms with van der Waals surface area (Å²) in [5, 5.41) is 13.8. The first-order valence-corrected chi connectivity index (χ1v) is 7.02. The SMILES string of the molecule is CC(C)(CCC(=O)O)NC(=O)Nc1ccc(Cl)cc1OC(F)F. The third kappa shape index (κ3) is 7.14. The molecular formula is C14H17ClF2N2O4. The number of ether oxygens (including phenoxy) is 1. The summed E-state index contributed by atoms with van der Waals surface area (Å²) in [4.78, 5) is 22.5. The summed E-state index contributed by atoms with van der Waals surface area (Å²) in [6, 6.07) is 3.20. The maximum atomic E-state index is 12.4. The van der Waals surface area contributed by atoms with E-state index >= 15 is 0 Å². The third-order valence-corrected chi connectivity index (χ3v) is 3.06.